The van der Waals surface area contributed by atoms with Crippen molar-refractivity contribution in [3.05, 3.63) is 34.4 Å². The maximum Gasteiger partial charge on any atom is 0.0358 e. The highest BCUT2D eigenvalue weighted by atomic mass is 15.5. The molecule has 1 aromatic rings. The number of hydrogen-bond donors (Lipinski definition) is 1. The summed E-state index contributed by atoms with van der Waals surface area (Å²) in [4.78, 5) is 0. The Morgan fingerprint density at radius 1 is 1.05 bits per heavy atom. The molecule has 2 heteroatoms. The molecule has 0 saturated carbocycles. The molecule has 1 saturated heterocycles. The van der Waals surface area contributed by atoms with Crippen LogP contribution in [0.15, 0.2) is 12.1 Å². The molecule has 2 nitrogen and oxygen atoms in total. The number of hydrazine groups is 1. The second kappa shape index (κ2) is 6.06. The molecular formula is C17H28N2. The summed E-state index contributed by atoms with van der Waals surface area (Å²) in [5, 5.41) is 2.46. The molecule has 0 bridgehead atoms. The van der Waals surface area contributed by atoms with Crippen LogP contribution < -0.4 is 5.43 Å². The summed E-state index contributed by atoms with van der Waals surface area (Å²) in [6.45, 7) is 12.2. The first-order valence-corrected chi connectivity index (χ1v) is 7.57. The van der Waals surface area contributed by atoms with Crippen molar-refractivity contribution in [2.75, 3.05) is 0 Å². The standard InChI is InChI=1S/C17H28N2/c1-12-9-13(2)17(14(3)10-12)11-18-19-15(4)7-6-8-16(19)5/h9-10,15-16,18H,6-8,11H2,1-5H3. The first kappa shape index (κ1) is 14.5. The van der Waals surface area contributed by atoms with Gasteiger partial charge in [-0.15, -0.1) is 0 Å². The molecule has 19 heavy (non-hydrogen) atoms. The molecule has 106 valence electrons. The summed E-state index contributed by atoms with van der Waals surface area (Å²) in [6.07, 6.45) is 3.98. The lowest BCUT2D eigenvalue weighted by molar-refractivity contribution is 0.0434. The normalized spacial score (nSPS) is 24.7. The third kappa shape index (κ3) is 3.37. The Hall–Kier alpha value is -0.860. The lowest BCUT2D eigenvalue weighted by atomic mass is 9.98. The van der Waals surface area contributed by atoms with Gasteiger partial charge in [0, 0.05) is 18.6 Å². The van der Waals surface area contributed by atoms with Gasteiger partial charge in [0.15, 0.2) is 0 Å². The Balaban J connectivity index is 2.06. The maximum atomic E-state index is 3.67. The molecule has 0 aliphatic carbocycles. The van der Waals surface area contributed by atoms with Crippen LogP contribution in [0.5, 0.6) is 0 Å². The van der Waals surface area contributed by atoms with E-state index in [1.165, 1.54) is 41.5 Å². The zero-order valence-corrected chi connectivity index (χ0v) is 13.1. The Morgan fingerprint density at radius 3 is 2.11 bits per heavy atom. The minimum Gasteiger partial charge on any atom is -0.250 e. The Labute approximate surface area is 118 Å². The van der Waals surface area contributed by atoms with E-state index in [4.69, 9.17) is 0 Å². The number of benzene rings is 1. The number of rotatable bonds is 3. The van der Waals surface area contributed by atoms with Gasteiger partial charge in [0.2, 0.25) is 0 Å². The van der Waals surface area contributed by atoms with Crippen molar-refractivity contribution in [1.82, 2.24) is 10.4 Å². The number of aryl methyl sites for hydroxylation is 3. The Kier molecular flexibility index (Phi) is 4.64. The van der Waals surface area contributed by atoms with Crippen molar-refractivity contribution in [1.29, 1.82) is 0 Å². The van der Waals surface area contributed by atoms with Crippen LogP contribution >= 0.6 is 0 Å². The minimum atomic E-state index is 0.648. The Morgan fingerprint density at radius 2 is 1.58 bits per heavy atom. The molecule has 1 heterocycles. The van der Waals surface area contributed by atoms with Crippen molar-refractivity contribution < 1.29 is 0 Å². The van der Waals surface area contributed by atoms with Crippen molar-refractivity contribution in [2.45, 2.75) is 72.5 Å². The summed E-state index contributed by atoms with van der Waals surface area (Å²) in [5.41, 5.74) is 9.30. The van der Waals surface area contributed by atoms with Gasteiger partial charge in [-0.25, -0.2) is 5.01 Å². The van der Waals surface area contributed by atoms with Crippen LogP contribution in [0, 0.1) is 20.8 Å². The monoisotopic (exact) mass is 260 g/mol. The van der Waals surface area contributed by atoms with E-state index in [1.807, 2.05) is 0 Å². The first-order valence-electron chi connectivity index (χ1n) is 7.57. The van der Waals surface area contributed by atoms with Gasteiger partial charge in [0.25, 0.3) is 0 Å². The van der Waals surface area contributed by atoms with E-state index in [9.17, 15) is 0 Å². The van der Waals surface area contributed by atoms with E-state index < -0.39 is 0 Å². The maximum absolute atomic E-state index is 3.67. The van der Waals surface area contributed by atoms with Crippen LogP contribution in [0.25, 0.3) is 0 Å². The van der Waals surface area contributed by atoms with E-state index >= 15 is 0 Å². The van der Waals surface area contributed by atoms with Gasteiger partial charge in [0.1, 0.15) is 0 Å². The topological polar surface area (TPSA) is 15.3 Å². The summed E-state index contributed by atoms with van der Waals surface area (Å²) < 4.78 is 0. The molecule has 0 spiro atoms. The van der Waals surface area contributed by atoms with E-state index in [0.29, 0.717) is 12.1 Å². The van der Waals surface area contributed by atoms with Crippen LogP contribution in [-0.2, 0) is 6.54 Å². The predicted octanol–water partition coefficient (Wildman–Crippen LogP) is 3.88. The van der Waals surface area contributed by atoms with Gasteiger partial charge >= 0.3 is 0 Å². The summed E-state index contributed by atoms with van der Waals surface area (Å²) >= 11 is 0. The number of nitrogens with one attached hydrogen (secondary N) is 1. The van der Waals surface area contributed by atoms with Crippen molar-refractivity contribution in [3.8, 4) is 0 Å². The van der Waals surface area contributed by atoms with Crippen molar-refractivity contribution >= 4 is 0 Å². The highest BCUT2D eigenvalue weighted by Gasteiger charge is 2.24. The third-order valence-electron chi connectivity index (χ3n) is 4.47. The van der Waals surface area contributed by atoms with Gasteiger partial charge in [-0.2, -0.15) is 0 Å². The molecule has 2 atom stereocenters. The summed E-state index contributed by atoms with van der Waals surface area (Å²) in [5.74, 6) is 0. The fraction of sp³-hybridized carbons (Fsp3) is 0.647. The fourth-order valence-corrected chi connectivity index (χ4v) is 3.39. The Bertz CT molecular complexity index is 406. The average Bonchev–Trinajstić information content (AvgIpc) is 2.31. The smallest absolute Gasteiger partial charge is 0.0358 e. The molecule has 1 N–H and O–H groups in total. The minimum absolute atomic E-state index is 0.648. The SMILES string of the molecule is Cc1cc(C)c(CNN2C(C)CCCC2C)c(C)c1. The summed E-state index contributed by atoms with van der Waals surface area (Å²) in [6, 6.07) is 5.87. The second-order valence-electron chi connectivity index (χ2n) is 6.25. The molecular weight excluding hydrogens is 232 g/mol. The van der Waals surface area contributed by atoms with Gasteiger partial charge in [-0.3, -0.25) is 5.43 Å². The molecule has 0 radical (unpaired) electrons. The fourth-order valence-electron chi connectivity index (χ4n) is 3.39. The molecule has 2 unspecified atom stereocenters. The van der Waals surface area contributed by atoms with Crippen LogP contribution in [0.2, 0.25) is 0 Å². The quantitative estimate of drug-likeness (QED) is 0.887. The van der Waals surface area contributed by atoms with Crippen LogP contribution in [0.3, 0.4) is 0 Å². The summed E-state index contributed by atoms with van der Waals surface area (Å²) in [7, 11) is 0. The largest absolute Gasteiger partial charge is 0.250 e. The highest BCUT2D eigenvalue weighted by Crippen LogP contribution is 2.22. The van der Waals surface area contributed by atoms with E-state index in [1.54, 1.807) is 0 Å². The zero-order chi connectivity index (χ0) is 14.0. The van der Waals surface area contributed by atoms with Crippen molar-refractivity contribution in [3.63, 3.8) is 0 Å². The zero-order valence-electron chi connectivity index (χ0n) is 13.1. The van der Waals surface area contributed by atoms with Crippen LogP contribution in [-0.4, -0.2) is 17.1 Å². The van der Waals surface area contributed by atoms with Crippen LogP contribution in [0.4, 0.5) is 0 Å². The van der Waals surface area contributed by atoms with Crippen molar-refractivity contribution in [2.24, 2.45) is 0 Å². The lowest BCUT2D eigenvalue weighted by Gasteiger charge is -2.39. The average molecular weight is 260 g/mol. The molecule has 1 aliphatic rings. The number of hydrogen-bond acceptors (Lipinski definition) is 2. The molecule has 1 aromatic carbocycles. The number of nitrogens with zero attached hydrogens (tertiary/aromatic N) is 1. The van der Waals surface area contributed by atoms with Crippen LogP contribution in [0.1, 0.15) is 55.4 Å². The molecule has 1 fully saturated rings. The van der Waals surface area contributed by atoms with Gasteiger partial charge in [-0.05, 0) is 64.2 Å². The number of piperidine rings is 1. The molecule has 0 aromatic heterocycles. The van der Waals surface area contributed by atoms with Gasteiger partial charge in [0.05, 0.1) is 0 Å². The lowest BCUT2D eigenvalue weighted by Crippen LogP contribution is -2.51. The molecule has 0 amide bonds. The van der Waals surface area contributed by atoms with E-state index in [2.05, 4.69) is 57.2 Å². The second-order valence-corrected chi connectivity index (χ2v) is 6.25. The molecule has 1 aliphatic heterocycles. The van der Waals surface area contributed by atoms with Gasteiger partial charge in [-0.1, -0.05) is 24.1 Å². The van der Waals surface area contributed by atoms with Gasteiger partial charge < -0.3 is 0 Å². The van der Waals surface area contributed by atoms with E-state index in [-0.39, 0.29) is 0 Å². The molecule has 2 rings (SSSR count). The highest BCUT2D eigenvalue weighted by molar-refractivity contribution is 5.37. The predicted molar refractivity (Wildman–Crippen MR) is 82.1 cm³/mol. The van der Waals surface area contributed by atoms with E-state index in [0.717, 1.165) is 6.54 Å². The first-order chi connectivity index (χ1) is 8.99. The third-order valence-corrected chi connectivity index (χ3v) is 4.47.